The van der Waals surface area contributed by atoms with E-state index < -0.39 is 24.3 Å². The van der Waals surface area contributed by atoms with Crippen LogP contribution >= 0.6 is 0 Å². The number of nitrogens with zero attached hydrogens (tertiary/aromatic N) is 2. The summed E-state index contributed by atoms with van der Waals surface area (Å²) in [5, 5.41) is 0. The average Bonchev–Trinajstić information content (AvgIpc) is 2.26. The fraction of sp³-hybridized carbons (Fsp3) is 0.909. The van der Waals surface area contributed by atoms with Gasteiger partial charge in [0.1, 0.15) is 0 Å². The Kier molecular flexibility index (Phi) is 5.81. The maximum atomic E-state index is 12.3. The molecule has 9 heteroatoms. The number of rotatable bonds is 4. The summed E-state index contributed by atoms with van der Waals surface area (Å²) in [6, 6.07) is -3.65. The molecular formula is C11H16F6N2O. The van der Waals surface area contributed by atoms with Gasteiger partial charge in [-0.05, 0) is 0 Å². The predicted octanol–water partition coefficient (Wildman–Crippen LogP) is 2.52. The predicted molar refractivity (Wildman–Crippen MR) is 60.8 cm³/mol. The molecular weight excluding hydrogens is 290 g/mol. The van der Waals surface area contributed by atoms with Crippen LogP contribution in [-0.2, 0) is 4.74 Å². The average molecular weight is 306 g/mol. The van der Waals surface area contributed by atoms with E-state index in [2.05, 4.69) is 4.99 Å². The molecule has 0 aromatic heterocycles. The van der Waals surface area contributed by atoms with Crippen molar-refractivity contribution in [2.75, 3.05) is 32.8 Å². The summed E-state index contributed by atoms with van der Waals surface area (Å²) in [6.07, 6.45) is -10.1. The summed E-state index contributed by atoms with van der Waals surface area (Å²) in [4.78, 5) is 4.61. The number of halogens is 6. The molecule has 1 fully saturated rings. The maximum Gasteiger partial charge on any atom is 0.419 e. The first kappa shape index (κ1) is 17.2. The summed E-state index contributed by atoms with van der Waals surface area (Å²) in [5.41, 5.74) is 0. The van der Waals surface area contributed by atoms with Crippen LogP contribution in [0.5, 0.6) is 0 Å². The second-order valence-electron chi connectivity index (χ2n) is 4.67. The summed E-state index contributed by atoms with van der Waals surface area (Å²) in [5.74, 6) is -0.500. The number of hydrogen-bond acceptors (Lipinski definition) is 3. The maximum absolute atomic E-state index is 12.3. The van der Waals surface area contributed by atoms with Crippen molar-refractivity contribution in [2.24, 2.45) is 10.9 Å². The van der Waals surface area contributed by atoms with Crippen LogP contribution < -0.4 is 0 Å². The van der Waals surface area contributed by atoms with Gasteiger partial charge in [-0.2, -0.15) is 26.3 Å². The van der Waals surface area contributed by atoms with Crippen LogP contribution in [0.4, 0.5) is 26.3 Å². The van der Waals surface area contributed by atoms with Gasteiger partial charge in [-0.15, -0.1) is 0 Å². The lowest BCUT2D eigenvalue weighted by molar-refractivity contribution is -0.247. The van der Waals surface area contributed by atoms with Crippen LogP contribution in [-0.4, -0.2) is 62.4 Å². The van der Waals surface area contributed by atoms with E-state index >= 15 is 0 Å². The van der Waals surface area contributed by atoms with Gasteiger partial charge in [-0.3, -0.25) is 9.89 Å². The fourth-order valence-electron chi connectivity index (χ4n) is 1.83. The third-order valence-corrected chi connectivity index (χ3v) is 2.76. The molecule has 0 bridgehead atoms. The highest BCUT2D eigenvalue weighted by Gasteiger charge is 2.56. The molecule has 1 aliphatic heterocycles. The van der Waals surface area contributed by atoms with Gasteiger partial charge in [0.15, 0.2) is 0 Å². The molecule has 0 N–H and O–H groups in total. The third-order valence-electron chi connectivity index (χ3n) is 2.76. The quantitative estimate of drug-likeness (QED) is 0.589. The first-order valence-electron chi connectivity index (χ1n) is 6.07. The highest BCUT2D eigenvalue weighted by atomic mass is 19.4. The Morgan fingerprint density at radius 2 is 1.60 bits per heavy atom. The van der Waals surface area contributed by atoms with E-state index in [1.165, 1.54) is 6.92 Å². The minimum Gasteiger partial charge on any atom is -0.379 e. The van der Waals surface area contributed by atoms with Crippen LogP contribution in [0.3, 0.4) is 0 Å². The second kappa shape index (κ2) is 6.75. The Morgan fingerprint density at radius 3 is 2.05 bits per heavy atom. The molecule has 0 spiro atoms. The zero-order valence-electron chi connectivity index (χ0n) is 10.8. The van der Waals surface area contributed by atoms with Crippen LogP contribution in [0.15, 0.2) is 4.99 Å². The number of hydrogen-bond donors (Lipinski definition) is 0. The molecule has 1 unspecified atom stereocenters. The number of alkyl halides is 6. The molecule has 0 radical (unpaired) electrons. The first-order valence-corrected chi connectivity index (χ1v) is 6.07. The van der Waals surface area contributed by atoms with Crippen molar-refractivity contribution in [3.63, 3.8) is 0 Å². The Balaban J connectivity index is 2.58. The van der Waals surface area contributed by atoms with Crippen molar-refractivity contribution in [1.29, 1.82) is 0 Å². The van der Waals surface area contributed by atoms with Crippen molar-refractivity contribution in [3.8, 4) is 0 Å². The normalized spacial score (nSPS) is 20.8. The molecule has 20 heavy (non-hydrogen) atoms. The van der Waals surface area contributed by atoms with Gasteiger partial charge in [-0.1, -0.05) is 6.92 Å². The van der Waals surface area contributed by atoms with Gasteiger partial charge in [0.05, 0.1) is 13.2 Å². The van der Waals surface area contributed by atoms with Crippen molar-refractivity contribution in [1.82, 2.24) is 4.90 Å². The monoisotopic (exact) mass is 306 g/mol. The zero-order valence-corrected chi connectivity index (χ0v) is 10.8. The van der Waals surface area contributed by atoms with Crippen molar-refractivity contribution in [3.05, 3.63) is 0 Å². The van der Waals surface area contributed by atoms with Crippen LogP contribution in [0.2, 0.25) is 0 Å². The fourth-order valence-corrected chi connectivity index (χ4v) is 1.83. The van der Waals surface area contributed by atoms with E-state index in [-0.39, 0.29) is 0 Å². The SMILES string of the molecule is CC(C=NC(C(F)(F)F)C(F)(F)F)CN1CCOCC1. The standard InChI is InChI=1S/C11H16F6N2O/c1-8(7-19-2-4-20-5-3-19)6-18-9(10(12,13)14)11(15,16)17/h6,8-9H,2-5,7H2,1H3. The molecule has 1 rings (SSSR count). The van der Waals surface area contributed by atoms with Crippen LogP contribution in [0, 0.1) is 5.92 Å². The topological polar surface area (TPSA) is 24.8 Å². The first-order chi connectivity index (χ1) is 9.10. The van der Waals surface area contributed by atoms with Crippen molar-refractivity contribution in [2.45, 2.75) is 25.3 Å². The number of morpholine rings is 1. The molecule has 1 aliphatic rings. The Morgan fingerprint density at radius 1 is 1.10 bits per heavy atom. The summed E-state index contributed by atoms with van der Waals surface area (Å²) >= 11 is 0. The summed E-state index contributed by atoms with van der Waals surface area (Å²) in [7, 11) is 0. The highest BCUT2D eigenvalue weighted by molar-refractivity contribution is 5.61. The molecule has 0 saturated carbocycles. The van der Waals surface area contributed by atoms with Crippen LogP contribution in [0.25, 0.3) is 0 Å². The zero-order chi connectivity index (χ0) is 15.4. The van der Waals surface area contributed by atoms with E-state index in [0.717, 1.165) is 6.21 Å². The van der Waals surface area contributed by atoms with E-state index in [1.807, 2.05) is 4.90 Å². The second-order valence-corrected chi connectivity index (χ2v) is 4.67. The Hall–Kier alpha value is -0.830. The van der Waals surface area contributed by atoms with Gasteiger partial charge in [0.25, 0.3) is 0 Å². The molecule has 3 nitrogen and oxygen atoms in total. The summed E-state index contributed by atoms with van der Waals surface area (Å²) in [6.45, 7) is 4.13. The molecule has 1 atom stereocenters. The third kappa shape index (κ3) is 5.66. The molecule has 0 aromatic carbocycles. The molecule has 1 saturated heterocycles. The van der Waals surface area contributed by atoms with Crippen molar-refractivity contribution >= 4 is 6.21 Å². The minimum absolute atomic E-state index is 0.356. The van der Waals surface area contributed by atoms with Crippen molar-refractivity contribution < 1.29 is 31.1 Å². The Labute approximate surface area is 112 Å². The highest BCUT2D eigenvalue weighted by Crippen LogP contribution is 2.35. The van der Waals surface area contributed by atoms with E-state index in [4.69, 9.17) is 4.74 Å². The largest absolute Gasteiger partial charge is 0.419 e. The minimum atomic E-state index is -5.42. The van der Waals surface area contributed by atoms with E-state index in [1.54, 1.807) is 0 Å². The lowest BCUT2D eigenvalue weighted by atomic mass is 10.1. The molecule has 1 heterocycles. The van der Waals surface area contributed by atoms with Gasteiger partial charge in [0, 0.05) is 31.8 Å². The summed E-state index contributed by atoms with van der Waals surface area (Å²) < 4.78 is 78.7. The smallest absolute Gasteiger partial charge is 0.379 e. The van der Waals surface area contributed by atoms with Gasteiger partial charge >= 0.3 is 12.4 Å². The molecule has 118 valence electrons. The lowest BCUT2D eigenvalue weighted by Gasteiger charge is -2.28. The molecule has 0 amide bonds. The van der Waals surface area contributed by atoms with Gasteiger partial charge < -0.3 is 4.74 Å². The number of ether oxygens (including phenoxy) is 1. The van der Waals surface area contributed by atoms with Gasteiger partial charge in [-0.25, -0.2) is 0 Å². The number of aliphatic imine (C=N–C) groups is 1. The van der Waals surface area contributed by atoms with E-state index in [0.29, 0.717) is 32.8 Å². The van der Waals surface area contributed by atoms with Crippen LogP contribution in [0.1, 0.15) is 6.92 Å². The van der Waals surface area contributed by atoms with E-state index in [9.17, 15) is 26.3 Å². The molecule has 0 aliphatic carbocycles. The Bertz CT molecular complexity index is 308. The molecule has 0 aromatic rings. The lowest BCUT2D eigenvalue weighted by Crippen LogP contribution is -2.41. The van der Waals surface area contributed by atoms with Gasteiger partial charge in [0.2, 0.25) is 6.04 Å².